The summed E-state index contributed by atoms with van der Waals surface area (Å²) in [6.07, 6.45) is 2.69. The number of nitrogens with one attached hydrogen (secondary N) is 2. The molecule has 2 N–H and O–H groups in total. The van der Waals surface area contributed by atoms with E-state index in [4.69, 9.17) is 4.74 Å². The molecule has 1 fully saturated rings. The second-order valence-corrected chi connectivity index (χ2v) is 5.44. The molecule has 1 aliphatic heterocycles. The molecule has 0 aromatic rings. The summed E-state index contributed by atoms with van der Waals surface area (Å²) < 4.78 is 5.20. The van der Waals surface area contributed by atoms with E-state index in [0.29, 0.717) is 0 Å². The largest absolute Gasteiger partial charge is 0.384 e. The van der Waals surface area contributed by atoms with E-state index in [1.165, 1.54) is 25.9 Å². The molecule has 1 aliphatic rings. The number of piperidine rings is 1. The van der Waals surface area contributed by atoms with E-state index in [9.17, 15) is 0 Å². The van der Waals surface area contributed by atoms with Gasteiger partial charge in [0.25, 0.3) is 0 Å². The summed E-state index contributed by atoms with van der Waals surface area (Å²) in [5.74, 6) is 0.817. The third kappa shape index (κ3) is 5.50. The van der Waals surface area contributed by atoms with Crippen molar-refractivity contribution in [2.24, 2.45) is 11.3 Å². The van der Waals surface area contributed by atoms with E-state index in [1.54, 1.807) is 7.11 Å². The molecule has 0 radical (unpaired) electrons. The van der Waals surface area contributed by atoms with Crippen LogP contribution in [0.1, 0.15) is 26.7 Å². The molecule has 1 saturated heterocycles. The van der Waals surface area contributed by atoms with Crippen LogP contribution in [-0.2, 0) is 4.74 Å². The van der Waals surface area contributed by atoms with Gasteiger partial charge in [0.1, 0.15) is 0 Å². The Balaban J connectivity index is 2.09. The number of hydrogen-bond acceptors (Lipinski definition) is 3. The first kappa shape index (κ1) is 12.9. The Morgan fingerprint density at radius 3 is 2.87 bits per heavy atom. The molecular formula is C12H26N2O. The van der Waals surface area contributed by atoms with Crippen molar-refractivity contribution < 1.29 is 4.74 Å². The molecule has 3 nitrogen and oxygen atoms in total. The molecule has 0 aromatic carbocycles. The van der Waals surface area contributed by atoms with Crippen molar-refractivity contribution >= 4 is 0 Å². The van der Waals surface area contributed by atoms with Crippen LogP contribution < -0.4 is 10.6 Å². The lowest BCUT2D eigenvalue weighted by atomic mass is 9.94. The quantitative estimate of drug-likeness (QED) is 0.698. The molecule has 1 unspecified atom stereocenters. The van der Waals surface area contributed by atoms with Crippen LogP contribution in [0.5, 0.6) is 0 Å². The van der Waals surface area contributed by atoms with E-state index >= 15 is 0 Å². The van der Waals surface area contributed by atoms with E-state index in [1.807, 2.05) is 0 Å². The lowest BCUT2D eigenvalue weighted by Gasteiger charge is -2.27. The zero-order valence-electron chi connectivity index (χ0n) is 10.4. The van der Waals surface area contributed by atoms with Gasteiger partial charge in [-0.15, -0.1) is 0 Å². The average Bonchev–Trinajstić information content (AvgIpc) is 2.19. The predicted octanol–water partition coefficient (Wildman–Crippen LogP) is 1.25. The molecule has 0 saturated carbocycles. The topological polar surface area (TPSA) is 33.3 Å². The lowest BCUT2D eigenvalue weighted by Crippen LogP contribution is -2.40. The van der Waals surface area contributed by atoms with Crippen LogP contribution in [0, 0.1) is 11.3 Å². The Labute approximate surface area is 94.0 Å². The Morgan fingerprint density at radius 1 is 1.47 bits per heavy atom. The van der Waals surface area contributed by atoms with Crippen LogP contribution in [0.4, 0.5) is 0 Å². The molecule has 0 bridgehead atoms. The summed E-state index contributed by atoms with van der Waals surface area (Å²) in [5, 5.41) is 7.00. The van der Waals surface area contributed by atoms with Gasteiger partial charge < -0.3 is 15.4 Å². The van der Waals surface area contributed by atoms with Crippen LogP contribution >= 0.6 is 0 Å². The summed E-state index contributed by atoms with van der Waals surface area (Å²) in [5.41, 5.74) is 0.247. The molecule has 0 amide bonds. The molecule has 3 heteroatoms. The standard InChI is InChI=1S/C12H26N2O/c1-12(2,10-15-3)9-14-8-11-5-4-6-13-7-11/h11,13-14H,4-10H2,1-3H3. The fourth-order valence-corrected chi connectivity index (χ4v) is 2.15. The fraction of sp³-hybridized carbons (Fsp3) is 1.00. The highest BCUT2D eigenvalue weighted by Gasteiger charge is 2.18. The molecule has 1 atom stereocenters. The van der Waals surface area contributed by atoms with Gasteiger partial charge in [0.05, 0.1) is 6.61 Å². The fourth-order valence-electron chi connectivity index (χ4n) is 2.15. The Bertz CT molecular complexity index is 165. The summed E-state index contributed by atoms with van der Waals surface area (Å²) in [6.45, 7) is 9.86. The van der Waals surface area contributed by atoms with Gasteiger partial charge in [0, 0.05) is 19.1 Å². The second kappa shape index (κ2) is 6.46. The van der Waals surface area contributed by atoms with Gasteiger partial charge in [-0.1, -0.05) is 13.8 Å². The van der Waals surface area contributed by atoms with Gasteiger partial charge in [-0.3, -0.25) is 0 Å². The zero-order valence-corrected chi connectivity index (χ0v) is 10.4. The first-order chi connectivity index (χ1) is 7.14. The Kier molecular flexibility index (Phi) is 5.58. The van der Waals surface area contributed by atoms with Crippen LogP contribution in [-0.4, -0.2) is 39.9 Å². The third-order valence-corrected chi connectivity index (χ3v) is 2.97. The summed E-state index contributed by atoms with van der Waals surface area (Å²) >= 11 is 0. The van der Waals surface area contributed by atoms with Crippen LogP contribution in [0.25, 0.3) is 0 Å². The number of ether oxygens (including phenoxy) is 1. The number of hydrogen-bond donors (Lipinski definition) is 2. The summed E-state index contributed by atoms with van der Waals surface area (Å²) in [7, 11) is 1.77. The molecule has 15 heavy (non-hydrogen) atoms. The van der Waals surface area contributed by atoms with Gasteiger partial charge >= 0.3 is 0 Å². The molecular weight excluding hydrogens is 188 g/mol. The smallest absolute Gasteiger partial charge is 0.0525 e. The van der Waals surface area contributed by atoms with Crippen molar-refractivity contribution in [2.45, 2.75) is 26.7 Å². The van der Waals surface area contributed by atoms with Gasteiger partial charge in [-0.25, -0.2) is 0 Å². The molecule has 90 valence electrons. The minimum absolute atomic E-state index is 0.247. The monoisotopic (exact) mass is 214 g/mol. The van der Waals surface area contributed by atoms with Crippen molar-refractivity contribution in [3.63, 3.8) is 0 Å². The van der Waals surface area contributed by atoms with Crippen molar-refractivity contribution in [1.82, 2.24) is 10.6 Å². The second-order valence-electron chi connectivity index (χ2n) is 5.44. The van der Waals surface area contributed by atoms with Gasteiger partial charge in [0.2, 0.25) is 0 Å². The maximum atomic E-state index is 5.20. The van der Waals surface area contributed by atoms with E-state index in [-0.39, 0.29) is 5.41 Å². The highest BCUT2D eigenvalue weighted by Crippen LogP contribution is 2.14. The van der Waals surface area contributed by atoms with Gasteiger partial charge in [-0.05, 0) is 38.4 Å². The van der Waals surface area contributed by atoms with Gasteiger partial charge in [-0.2, -0.15) is 0 Å². The first-order valence-corrected chi connectivity index (χ1v) is 6.04. The maximum absolute atomic E-state index is 5.20. The summed E-state index contributed by atoms with van der Waals surface area (Å²) in [4.78, 5) is 0. The molecule has 1 rings (SSSR count). The molecule has 1 heterocycles. The number of methoxy groups -OCH3 is 1. The Morgan fingerprint density at radius 2 is 2.27 bits per heavy atom. The third-order valence-electron chi connectivity index (χ3n) is 2.97. The lowest BCUT2D eigenvalue weighted by molar-refractivity contribution is 0.102. The first-order valence-electron chi connectivity index (χ1n) is 6.04. The molecule has 0 aromatic heterocycles. The van der Waals surface area contributed by atoms with Crippen molar-refractivity contribution in [2.75, 3.05) is 39.9 Å². The normalized spacial score (nSPS) is 23.0. The zero-order chi connectivity index (χ0) is 11.1. The van der Waals surface area contributed by atoms with E-state index < -0.39 is 0 Å². The maximum Gasteiger partial charge on any atom is 0.0525 e. The summed E-state index contributed by atoms with van der Waals surface area (Å²) in [6, 6.07) is 0. The minimum Gasteiger partial charge on any atom is -0.384 e. The minimum atomic E-state index is 0.247. The van der Waals surface area contributed by atoms with Crippen LogP contribution in [0.2, 0.25) is 0 Å². The van der Waals surface area contributed by atoms with Crippen LogP contribution in [0.15, 0.2) is 0 Å². The number of rotatable bonds is 6. The van der Waals surface area contributed by atoms with Crippen molar-refractivity contribution in [1.29, 1.82) is 0 Å². The highest BCUT2D eigenvalue weighted by molar-refractivity contribution is 4.75. The van der Waals surface area contributed by atoms with Gasteiger partial charge in [0.15, 0.2) is 0 Å². The van der Waals surface area contributed by atoms with Crippen molar-refractivity contribution in [3.8, 4) is 0 Å². The average molecular weight is 214 g/mol. The SMILES string of the molecule is COCC(C)(C)CNCC1CCCNC1. The predicted molar refractivity (Wildman–Crippen MR) is 64.1 cm³/mol. The highest BCUT2D eigenvalue weighted by atomic mass is 16.5. The molecule has 0 aliphatic carbocycles. The van der Waals surface area contributed by atoms with Crippen molar-refractivity contribution in [3.05, 3.63) is 0 Å². The van der Waals surface area contributed by atoms with E-state index in [0.717, 1.165) is 25.6 Å². The van der Waals surface area contributed by atoms with Crippen LogP contribution in [0.3, 0.4) is 0 Å². The Hall–Kier alpha value is -0.120. The molecule has 0 spiro atoms. The van der Waals surface area contributed by atoms with E-state index in [2.05, 4.69) is 24.5 Å².